The Morgan fingerprint density at radius 2 is 1.96 bits per heavy atom. The molecule has 148 valence electrons. The van der Waals surface area contributed by atoms with Crippen LogP contribution in [0.3, 0.4) is 0 Å². The molecule has 1 aliphatic carbocycles. The second-order valence-electron chi connectivity index (χ2n) is 7.97. The van der Waals surface area contributed by atoms with E-state index in [0.29, 0.717) is 17.6 Å². The van der Waals surface area contributed by atoms with Crippen LogP contribution in [-0.4, -0.2) is 48.9 Å². The van der Waals surface area contributed by atoms with Gasteiger partial charge in [-0.15, -0.1) is 0 Å². The molecule has 0 radical (unpaired) electrons. The van der Waals surface area contributed by atoms with Crippen LogP contribution in [-0.2, 0) is 13.0 Å². The Balaban J connectivity index is 1.48. The molecule has 0 aromatic heterocycles. The fourth-order valence-corrected chi connectivity index (χ4v) is 4.57. The van der Waals surface area contributed by atoms with Crippen molar-refractivity contribution in [3.63, 3.8) is 0 Å². The number of nitrogens with zero attached hydrogens (tertiary/aromatic N) is 2. The molecule has 1 N–H and O–H groups in total. The second kappa shape index (κ2) is 8.64. The van der Waals surface area contributed by atoms with E-state index in [9.17, 15) is 4.79 Å². The third-order valence-electron chi connectivity index (χ3n) is 6.01. The Morgan fingerprint density at radius 3 is 2.75 bits per heavy atom. The molecule has 0 bridgehead atoms. The topological polar surface area (TPSA) is 35.6 Å². The van der Waals surface area contributed by atoms with Crippen LogP contribution < -0.4 is 5.32 Å². The van der Waals surface area contributed by atoms with Crippen LogP contribution >= 0.6 is 11.6 Å². The first-order valence-corrected chi connectivity index (χ1v) is 10.6. The molecule has 1 amide bonds. The normalized spacial score (nSPS) is 20.6. The average Bonchev–Trinajstić information content (AvgIpc) is 2.72. The van der Waals surface area contributed by atoms with E-state index in [1.54, 1.807) is 0 Å². The first kappa shape index (κ1) is 19.4. The van der Waals surface area contributed by atoms with E-state index in [1.807, 2.05) is 30.3 Å². The van der Waals surface area contributed by atoms with E-state index in [1.165, 1.54) is 24.0 Å². The van der Waals surface area contributed by atoms with Gasteiger partial charge in [-0.1, -0.05) is 29.8 Å². The molecule has 28 heavy (non-hydrogen) atoms. The maximum Gasteiger partial charge on any atom is 0.251 e. The Bertz CT molecular complexity index is 845. The van der Waals surface area contributed by atoms with Gasteiger partial charge in [0.1, 0.15) is 0 Å². The molecule has 2 aromatic carbocycles. The fourth-order valence-electron chi connectivity index (χ4n) is 4.36. The van der Waals surface area contributed by atoms with Crippen LogP contribution in [0.4, 0.5) is 0 Å². The first-order chi connectivity index (χ1) is 13.6. The highest BCUT2D eigenvalue weighted by Gasteiger charge is 2.28. The predicted octanol–water partition coefficient (Wildman–Crippen LogP) is 3.89. The maximum atomic E-state index is 12.8. The summed E-state index contributed by atoms with van der Waals surface area (Å²) < 4.78 is 0. The SMILES string of the molecule is CN1CCN(C2CCCc3ccc(C(=O)NCc4cccc(Cl)c4)cc32)CC1. The molecule has 1 fully saturated rings. The Labute approximate surface area is 172 Å². The van der Waals surface area contributed by atoms with Crippen LogP contribution in [0.15, 0.2) is 42.5 Å². The zero-order chi connectivity index (χ0) is 19.5. The standard InChI is InChI=1S/C23H28ClN3O/c1-26-10-12-27(13-11-26)22-7-3-5-18-8-9-19(15-21(18)22)23(28)25-16-17-4-2-6-20(24)14-17/h2,4,6,8-9,14-15,22H,3,5,7,10-13,16H2,1H3,(H,25,28). The Hall–Kier alpha value is -1.88. The molecule has 1 aliphatic heterocycles. The number of likely N-dealkylation sites (N-methyl/N-ethyl adjacent to an activating group) is 1. The number of amides is 1. The third kappa shape index (κ3) is 4.40. The minimum atomic E-state index is -0.0227. The van der Waals surface area contributed by atoms with Gasteiger partial charge in [-0.2, -0.15) is 0 Å². The second-order valence-corrected chi connectivity index (χ2v) is 8.41. The predicted molar refractivity (Wildman–Crippen MR) is 114 cm³/mol. The molecule has 5 heteroatoms. The maximum absolute atomic E-state index is 12.8. The smallest absolute Gasteiger partial charge is 0.251 e. The monoisotopic (exact) mass is 397 g/mol. The summed E-state index contributed by atoms with van der Waals surface area (Å²) in [6.45, 7) is 4.92. The molecule has 4 nitrogen and oxygen atoms in total. The Kier molecular flexibility index (Phi) is 6.00. The highest BCUT2D eigenvalue weighted by Crippen LogP contribution is 2.35. The number of aryl methyl sites for hydroxylation is 1. The third-order valence-corrected chi connectivity index (χ3v) is 6.25. The van der Waals surface area contributed by atoms with Crippen LogP contribution in [0.25, 0.3) is 0 Å². The van der Waals surface area contributed by atoms with Crippen LogP contribution in [0, 0.1) is 0 Å². The van der Waals surface area contributed by atoms with Crippen molar-refractivity contribution in [3.05, 3.63) is 69.7 Å². The summed E-state index contributed by atoms with van der Waals surface area (Å²) in [4.78, 5) is 17.7. The number of carbonyl (C=O) groups excluding carboxylic acids is 1. The van der Waals surface area contributed by atoms with Crippen LogP contribution in [0.1, 0.15) is 45.9 Å². The van der Waals surface area contributed by atoms with Crippen molar-refractivity contribution in [1.29, 1.82) is 0 Å². The van der Waals surface area contributed by atoms with Gasteiger partial charge in [0.05, 0.1) is 0 Å². The van der Waals surface area contributed by atoms with Gasteiger partial charge in [-0.3, -0.25) is 9.69 Å². The van der Waals surface area contributed by atoms with E-state index >= 15 is 0 Å². The number of piperazine rings is 1. The summed E-state index contributed by atoms with van der Waals surface area (Å²) in [5.74, 6) is -0.0227. The van der Waals surface area contributed by atoms with E-state index in [-0.39, 0.29) is 5.91 Å². The van der Waals surface area contributed by atoms with Gasteiger partial charge in [0, 0.05) is 49.4 Å². The number of halogens is 1. The summed E-state index contributed by atoms with van der Waals surface area (Å²) in [5, 5.41) is 3.72. The zero-order valence-corrected chi connectivity index (χ0v) is 17.2. The molecule has 1 saturated heterocycles. The number of hydrogen-bond acceptors (Lipinski definition) is 3. The highest BCUT2D eigenvalue weighted by molar-refractivity contribution is 6.30. The summed E-state index contributed by atoms with van der Waals surface area (Å²) in [7, 11) is 2.19. The lowest BCUT2D eigenvalue weighted by molar-refractivity contribution is 0.0947. The molecule has 1 unspecified atom stereocenters. The molecule has 1 heterocycles. The molecular weight excluding hydrogens is 370 g/mol. The van der Waals surface area contributed by atoms with E-state index in [4.69, 9.17) is 11.6 Å². The average molecular weight is 398 g/mol. The molecule has 0 spiro atoms. The van der Waals surface area contributed by atoms with Crippen LogP contribution in [0.5, 0.6) is 0 Å². The lowest BCUT2D eigenvalue weighted by Gasteiger charge is -2.40. The first-order valence-electron chi connectivity index (χ1n) is 10.2. The molecule has 0 saturated carbocycles. The van der Waals surface area contributed by atoms with E-state index in [0.717, 1.165) is 43.7 Å². The van der Waals surface area contributed by atoms with Gasteiger partial charge in [0.2, 0.25) is 0 Å². The number of fused-ring (bicyclic) bond motifs is 1. The highest BCUT2D eigenvalue weighted by atomic mass is 35.5. The Morgan fingerprint density at radius 1 is 1.14 bits per heavy atom. The summed E-state index contributed by atoms with van der Waals surface area (Å²) in [5.41, 5.74) is 4.52. The zero-order valence-electron chi connectivity index (χ0n) is 16.5. The molecule has 4 rings (SSSR count). The van der Waals surface area contributed by atoms with Crippen molar-refractivity contribution in [2.24, 2.45) is 0 Å². The minimum absolute atomic E-state index is 0.0227. The molecular formula is C23H28ClN3O. The van der Waals surface area contributed by atoms with Gasteiger partial charge in [0.25, 0.3) is 5.91 Å². The number of carbonyl (C=O) groups is 1. The molecule has 2 aromatic rings. The van der Waals surface area contributed by atoms with Gasteiger partial charge in [-0.05, 0) is 67.3 Å². The van der Waals surface area contributed by atoms with Crippen molar-refractivity contribution >= 4 is 17.5 Å². The summed E-state index contributed by atoms with van der Waals surface area (Å²) in [6, 6.07) is 14.3. The van der Waals surface area contributed by atoms with Crippen molar-refractivity contribution in [2.45, 2.75) is 31.8 Å². The number of rotatable bonds is 4. The molecule has 2 aliphatic rings. The van der Waals surface area contributed by atoms with E-state index in [2.05, 4.69) is 34.3 Å². The van der Waals surface area contributed by atoms with Gasteiger partial charge in [0.15, 0.2) is 0 Å². The minimum Gasteiger partial charge on any atom is -0.348 e. The van der Waals surface area contributed by atoms with Crippen molar-refractivity contribution in [3.8, 4) is 0 Å². The van der Waals surface area contributed by atoms with Gasteiger partial charge >= 0.3 is 0 Å². The van der Waals surface area contributed by atoms with Crippen LogP contribution in [0.2, 0.25) is 5.02 Å². The van der Waals surface area contributed by atoms with Gasteiger partial charge in [-0.25, -0.2) is 0 Å². The lowest BCUT2D eigenvalue weighted by Crippen LogP contribution is -2.46. The lowest BCUT2D eigenvalue weighted by atomic mass is 9.85. The van der Waals surface area contributed by atoms with Crippen molar-refractivity contribution < 1.29 is 4.79 Å². The number of benzene rings is 2. The summed E-state index contributed by atoms with van der Waals surface area (Å²) >= 11 is 6.04. The van der Waals surface area contributed by atoms with Crippen molar-refractivity contribution in [1.82, 2.24) is 15.1 Å². The summed E-state index contributed by atoms with van der Waals surface area (Å²) in [6.07, 6.45) is 3.53. The molecule has 1 atom stereocenters. The van der Waals surface area contributed by atoms with E-state index < -0.39 is 0 Å². The van der Waals surface area contributed by atoms with Gasteiger partial charge < -0.3 is 10.2 Å². The quantitative estimate of drug-likeness (QED) is 0.849. The number of nitrogens with one attached hydrogen (secondary N) is 1. The largest absolute Gasteiger partial charge is 0.348 e. The fraction of sp³-hybridized carbons (Fsp3) is 0.435. The van der Waals surface area contributed by atoms with Crippen molar-refractivity contribution in [2.75, 3.05) is 33.2 Å². The number of hydrogen-bond donors (Lipinski definition) is 1.